The lowest BCUT2D eigenvalue weighted by Gasteiger charge is -2.44. The van der Waals surface area contributed by atoms with E-state index in [0.29, 0.717) is 23.1 Å². The van der Waals surface area contributed by atoms with E-state index >= 15 is 0 Å². The Morgan fingerprint density at radius 2 is 1.83 bits per heavy atom. The molecule has 4 nitrogen and oxygen atoms in total. The van der Waals surface area contributed by atoms with Crippen LogP contribution in [0.4, 0.5) is 4.39 Å². The van der Waals surface area contributed by atoms with Gasteiger partial charge in [-0.3, -0.25) is 4.90 Å². The Labute approximate surface area is 141 Å². The monoisotopic (exact) mass is 327 g/mol. The minimum Gasteiger partial charge on any atom is -0.472 e. The summed E-state index contributed by atoms with van der Waals surface area (Å²) in [6.07, 6.45) is 2.60. The van der Waals surface area contributed by atoms with Gasteiger partial charge in [0, 0.05) is 18.2 Å². The lowest BCUT2D eigenvalue weighted by molar-refractivity contribution is -0.0103. The van der Waals surface area contributed by atoms with Crippen LogP contribution in [-0.4, -0.2) is 40.8 Å². The van der Waals surface area contributed by atoms with Gasteiger partial charge in [-0.05, 0) is 75.0 Å². The quantitative estimate of drug-likeness (QED) is 0.866. The Hall–Kier alpha value is -2.01. The van der Waals surface area contributed by atoms with E-state index < -0.39 is 0 Å². The predicted molar refractivity (Wildman–Crippen MR) is 90.5 cm³/mol. The van der Waals surface area contributed by atoms with Crippen LogP contribution < -0.4 is 4.74 Å². The van der Waals surface area contributed by atoms with Gasteiger partial charge in [0.25, 0.3) is 0 Å². The molecule has 5 rings (SSSR count). The van der Waals surface area contributed by atoms with E-state index in [2.05, 4.69) is 15.1 Å². The maximum absolute atomic E-state index is 14.2. The number of hydrogen-bond donors (Lipinski definition) is 0. The molecule has 5 heteroatoms. The van der Waals surface area contributed by atoms with Crippen molar-refractivity contribution in [3.8, 4) is 17.1 Å². The van der Waals surface area contributed by atoms with Crippen molar-refractivity contribution in [3.05, 3.63) is 41.2 Å². The van der Waals surface area contributed by atoms with Crippen molar-refractivity contribution >= 4 is 0 Å². The average molecular weight is 327 g/mol. The lowest BCUT2D eigenvalue weighted by Crippen LogP contribution is -2.52. The first-order valence-corrected chi connectivity index (χ1v) is 8.60. The summed E-state index contributed by atoms with van der Waals surface area (Å²) in [6, 6.07) is 6.96. The Kier molecular flexibility index (Phi) is 3.96. The lowest BCUT2D eigenvalue weighted by atomic mass is 9.86. The highest BCUT2D eigenvalue weighted by atomic mass is 19.1. The van der Waals surface area contributed by atoms with E-state index in [1.165, 1.54) is 25.9 Å². The minimum absolute atomic E-state index is 0.200. The molecule has 3 saturated heterocycles. The fourth-order valence-electron chi connectivity index (χ4n) is 3.70. The SMILES string of the molecule is Cc1cc(F)c(-c2ccc(O[C@H]3CN4CCC3CC4)nn2)cc1C. The van der Waals surface area contributed by atoms with Gasteiger partial charge in [-0.2, -0.15) is 0 Å². The molecule has 0 N–H and O–H groups in total. The van der Waals surface area contributed by atoms with Crippen LogP contribution in [-0.2, 0) is 0 Å². The van der Waals surface area contributed by atoms with Crippen LogP contribution in [0.2, 0.25) is 0 Å². The smallest absolute Gasteiger partial charge is 0.233 e. The molecule has 1 atom stereocenters. The maximum atomic E-state index is 14.2. The second-order valence-corrected chi connectivity index (χ2v) is 6.97. The number of rotatable bonds is 3. The van der Waals surface area contributed by atoms with Crippen LogP contribution in [0, 0.1) is 25.6 Å². The van der Waals surface area contributed by atoms with Gasteiger partial charge < -0.3 is 4.74 Å². The van der Waals surface area contributed by atoms with Crippen LogP contribution in [0.1, 0.15) is 24.0 Å². The van der Waals surface area contributed by atoms with E-state index in [9.17, 15) is 4.39 Å². The summed E-state index contributed by atoms with van der Waals surface area (Å²) < 4.78 is 20.2. The number of fused-ring (bicyclic) bond motifs is 3. The molecule has 1 aromatic heterocycles. The van der Waals surface area contributed by atoms with Crippen molar-refractivity contribution in [1.82, 2.24) is 15.1 Å². The molecular weight excluding hydrogens is 305 g/mol. The zero-order chi connectivity index (χ0) is 16.7. The first kappa shape index (κ1) is 15.5. The van der Waals surface area contributed by atoms with Gasteiger partial charge in [0.15, 0.2) is 0 Å². The molecular formula is C19H22FN3O. The number of piperidine rings is 3. The molecule has 1 aromatic carbocycles. The topological polar surface area (TPSA) is 38.2 Å². The first-order valence-electron chi connectivity index (χ1n) is 8.60. The fraction of sp³-hybridized carbons (Fsp3) is 0.474. The van der Waals surface area contributed by atoms with Crippen molar-refractivity contribution in [2.24, 2.45) is 5.92 Å². The Morgan fingerprint density at radius 1 is 1.08 bits per heavy atom. The summed E-state index contributed by atoms with van der Waals surface area (Å²) >= 11 is 0. The Bertz CT molecular complexity index is 739. The number of ether oxygens (including phenoxy) is 1. The summed E-state index contributed by atoms with van der Waals surface area (Å²) in [4.78, 5) is 2.44. The van der Waals surface area contributed by atoms with Gasteiger partial charge in [0.1, 0.15) is 11.9 Å². The molecule has 0 amide bonds. The van der Waals surface area contributed by atoms with E-state index in [1.54, 1.807) is 18.2 Å². The summed E-state index contributed by atoms with van der Waals surface area (Å²) in [5.41, 5.74) is 3.00. The maximum Gasteiger partial charge on any atom is 0.233 e. The van der Waals surface area contributed by atoms with Gasteiger partial charge in [-0.1, -0.05) is 0 Å². The molecule has 4 heterocycles. The number of hydrogen-bond acceptors (Lipinski definition) is 4. The Morgan fingerprint density at radius 3 is 2.46 bits per heavy atom. The van der Waals surface area contributed by atoms with Gasteiger partial charge in [-0.25, -0.2) is 4.39 Å². The highest BCUT2D eigenvalue weighted by Crippen LogP contribution is 2.30. The van der Waals surface area contributed by atoms with Crippen LogP contribution in [0.3, 0.4) is 0 Å². The molecule has 2 aromatic rings. The van der Waals surface area contributed by atoms with Gasteiger partial charge in [0.05, 0.1) is 5.69 Å². The first-order chi connectivity index (χ1) is 11.6. The standard InChI is InChI=1S/C19H22FN3O/c1-12-9-15(16(20)10-13(12)2)17-3-4-19(22-21-17)24-18-11-23-7-5-14(18)6-8-23/h3-4,9-10,14,18H,5-8,11H2,1-2H3/t18-/m0/s1. The number of benzene rings is 1. The fourth-order valence-corrected chi connectivity index (χ4v) is 3.70. The molecule has 3 aliphatic rings. The summed E-state index contributed by atoms with van der Waals surface area (Å²) in [7, 11) is 0. The van der Waals surface area contributed by atoms with Crippen molar-refractivity contribution in [1.29, 1.82) is 0 Å². The molecule has 126 valence electrons. The molecule has 2 bridgehead atoms. The van der Waals surface area contributed by atoms with Crippen molar-refractivity contribution in [2.75, 3.05) is 19.6 Å². The van der Waals surface area contributed by atoms with Crippen LogP contribution >= 0.6 is 0 Å². The number of halogens is 1. The molecule has 0 spiro atoms. The predicted octanol–water partition coefficient (Wildman–Crippen LogP) is 3.37. The minimum atomic E-state index is -0.265. The average Bonchev–Trinajstić information content (AvgIpc) is 2.60. The highest BCUT2D eigenvalue weighted by Gasteiger charge is 2.35. The van der Waals surface area contributed by atoms with Gasteiger partial charge >= 0.3 is 0 Å². The molecule has 0 unspecified atom stereocenters. The normalized spacial score (nSPS) is 25.7. The summed E-state index contributed by atoms with van der Waals surface area (Å²) in [6.45, 7) is 7.21. The molecule has 0 radical (unpaired) electrons. The molecule has 3 aliphatic heterocycles. The number of nitrogens with zero attached hydrogens (tertiary/aromatic N) is 3. The second kappa shape index (κ2) is 6.13. The van der Waals surface area contributed by atoms with E-state index in [-0.39, 0.29) is 11.9 Å². The Balaban J connectivity index is 1.52. The van der Waals surface area contributed by atoms with Crippen LogP contribution in [0.15, 0.2) is 24.3 Å². The van der Waals surface area contributed by atoms with Crippen molar-refractivity contribution in [3.63, 3.8) is 0 Å². The molecule has 0 saturated carbocycles. The third kappa shape index (κ3) is 2.88. The van der Waals surface area contributed by atoms with Gasteiger partial charge in [0.2, 0.25) is 5.88 Å². The van der Waals surface area contributed by atoms with E-state index in [4.69, 9.17) is 4.74 Å². The zero-order valence-corrected chi connectivity index (χ0v) is 14.1. The van der Waals surface area contributed by atoms with Crippen molar-refractivity contribution < 1.29 is 9.13 Å². The third-order valence-electron chi connectivity index (χ3n) is 5.37. The second-order valence-electron chi connectivity index (χ2n) is 6.97. The van der Waals surface area contributed by atoms with E-state index in [0.717, 1.165) is 17.7 Å². The van der Waals surface area contributed by atoms with Crippen LogP contribution in [0.5, 0.6) is 5.88 Å². The summed E-state index contributed by atoms with van der Waals surface area (Å²) in [5, 5.41) is 8.35. The third-order valence-corrected chi connectivity index (χ3v) is 5.37. The molecule has 0 aliphatic carbocycles. The van der Waals surface area contributed by atoms with E-state index in [1.807, 2.05) is 19.9 Å². The molecule has 24 heavy (non-hydrogen) atoms. The zero-order valence-electron chi connectivity index (χ0n) is 14.1. The largest absolute Gasteiger partial charge is 0.472 e. The number of aryl methyl sites for hydroxylation is 2. The highest BCUT2D eigenvalue weighted by molar-refractivity contribution is 5.61. The van der Waals surface area contributed by atoms with Crippen molar-refractivity contribution in [2.45, 2.75) is 32.8 Å². The molecule has 3 fully saturated rings. The number of aromatic nitrogens is 2. The van der Waals surface area contributed by atoms with Gasteiger partial charge in [-0.15, -0.1) is 10.2 Å². The summed E-state index contributed by atoms with van der Waals surface area (Å²) in [5.74, 6) is 0.883. The van der Waals surface area contributed by atoms with Crippen LogP contribution in [0.25, 0.3) is 11.3 Å².